The number of nitrogens with zero attached hydrogens (tertiary/aromatic N) is 5. The SMILES string of the molecule is Cl.N.N.N.N.O=C(Nc1ccc(O)cc1)c1ccc(Nc2nc(N3CCCCC3)nc(N3CCCCC3)n2)cc1O.[HH].[HH].[HH].[HH]. The summed E-state index contributed by atoms with van der Waals surface area (Å²) in [6, 6.07) is 10.9. The van der Waals surface area contributed by atoms with E-state index in [1.807, 2.05) is 0 Å². The quantitative estimate of drug-likeness (QED) is 0.144. The maximum absolute atomic E-state index is 12.6. The minimum atomic E-state index is -0.454. The normalized spacial score (nSPS) is 14.0. The number of carbonyl (C=O) groups is 1. The summed E-state index contributed by atoms with van der Waals surface area (Å²) >= 11 is 0. The average Bonchev–Trinajstić information content (AvgIpc) is 2.91. The molecule has 1 amide bonds. The number of rotatable bonds is 6. The van der Waals surface area contributed by atoms with Crippen LogP contribution >= 0.6 is 12.4 Å². The van der Waals surface area contributed by atoms with Crippen LogP contribution in [0.15, 0.2) is 42.5 Å². The number of amides is 1. The minimum Gasteiger partial charge on any atom is -0.508 e. The summed E-state index contributed by atoms with van der Waals surface area (Å²) in [5.74, 6) is 1.23. The van der Waals surface area contributed by atoms with Gasteiger partial charge >= 0.3 is 0 Å². The Morgan fingerprint density at radius 3 is 1.68 bits per heavy atom. The monoisotopic (exact) mass is 601 g/mol. The topological polar surface area (TPSA) is 267 Å². The van der Waals surface area contributed by atoms with E-state index in [1.165, 1.54) is 31.0 Å². The van der Waals surface area contributed by atoms with Crippen molar-refractivity contribution in [2.75, 3.05) is 46.6 Å². The molecular formula is C26H52ClN11O3. The maximum atomic E-state index is 12.6. The van der Waals surface area contributed by atoms with Gasteiger partial charge in [0.25, 0.3) is 5.91 Å². The maximum Gasteiger partial charge on any atom is 0.259 e. The van der Waals surface area contributed by atoms with Gasteiger partial charge < -0.3 is 55.2 Å². The van der Waals surface area contributed by atoms with E-state index in [1.54, 1.807) is 24.3 Å². The molecule has 41 heavy (non-hydrogen) atoms. The van der Waals surface area contributed by atoms with Gasteiger partial charge in [0, 0.05) is 49.3 Å². The van der Waals surface area contributed by atoms with Gasteiger partial charge in [0.15, 0.2) is 0 Å². The van der Waals surface area contributed by atoms with E-state index in [2.05, 4.69) is 30.4 Å². The van der Waals surface area contributed by atoms with Crippen molar-refractivity contribution in [2.24, 2.45) is 0 Å². The zero-order valence-corrected chi connectivity index (χ0v) is 24.2. The Kier molecular flexibility index (Phi) is 15.4. The van der Waals surface area contributed by atoms with E-state index in [9.17, 15) is 15.0 Å². The Hall–Kier alpha value is -3.95. The molecule has 2 saturated heterocycles. The van der Waals surface area contributed by atoms with Gasteiger partial charge in [-0.2, -0.15) is 15.0 Å². The molecule has 3 aromatic rings. The van der Waals surface area contributed by atoms with E-state index in [0.717, 1.165) is 51.9 Å². The number of hydrogen-bond acceptors (Lipinski definition) is 13. The van der Waals surface area contributed by atoms with Crippen molar-refractivity contribution in [1.82, 2.24) is 39.6 Å². The number of carbonyl (C=O) groups excluding carboxylic acids is 1. The first kappa shape index (κ1) is 37.0. The number of phenols is 2. The van der Waals surface area contributed by atoms with Crippen LogP contribution in [0.1, 0.15) is 54.6 Å². The van der Waals surface area contributed by atoms with Crippen LogP contribution in [-0.4, -0.2) is 57.3 Å². The molecule has 3 heterocycles. The van der Waals surface area contributed by atoms with E-state index >= 15 is 0 Å². The van der Waals surface area contributed by atoms with Crippen molar-refractivity contribution >= 4 is 47.5 Å². The number of phenolic OH excluding ortho intramolecular Hbond substituents is 2. The molecule has 15 heteroatoms. The Bertz CT molecular complexity index is 1210. The standard InChI is InChI=1S/C26H31N7O3.ClH.4H3N.4H2/c34-20-10-7-18(8-11-20)27-23(36)21-12-9-19(17-22(21)35)28-24-29-25(32-13-3-1-4-14-32)31-26(30-24)33-15-5-2-6-16-33;;;;;;;;;/h7-12,17,34-35H,1-6,13-16H2,(H,27,36)(H,28,29,30,31);1H;4*1H3;4*1H. The molecule has 0 spiro atoms. The Labute approximate surface area is 252 Å². The summed E-state index contributed by atoms with van der Waals surface area (Å²) in [7, 11) is 0. The molecule has 2 fully saturated rings. The molecule has 2 aliphatic rings. The largest absolute Gasteiger partial charge is 0.508 e. The van der Waals surface area contributed by atoms with E-state index < -0.39 is 5.91 Å². The van der Waals surface area contributed by atoms with Gasteiger partial charge in [-0.15, -0.1) is 12.4 Å². The highest BCUT2D eigenvalue weighted by Crippen LogP contribution is 2.27. The van der Waals surface area contributed by atoms with Gasteiger partial charge in [-0.3, -0.25) is 4.79 Å². The highest BCUT2D eigenvalue weighted by Gasteiger charge is 2.21. The van der Waals surface area contributed by atoms with Gasteiger partial charge in [-0.1, -0.05) is 0 Å². The zero-order valence-electron chi connectivity index (χ0n) is 23.4. The molecule has 0 radical (unpaired) electrons. The predicted octanol–water partition coefficient (Wildman–Crippen LogP) is 6.31. The third-order valence-corrected chi connectivity index (χ3v) is 6.51. The van der Waals surface area contributed by atoms with Crippen molar-refractivity contribution in [1.29, 1.82) is 0 Å². The highest BCUT2D eigenvalue weighted by molar-refractivity contribution is 6.06. The molecule has 2 aliphatic heterocycles. The minimum absolute atomic E-state index is 0. The van der Waals surface area contributed by atoms with Crippen molar-refractivity contribution in [3.8, 4) is 11.5 Å². The van der Waals surface area contributed by atoms with Gasteiger partial charge in [-0.25, -0.2) is 0 Å². The Balaban J connectivity index is -0.000000593. The fourth-order valence-electron chi connectivity index (χ4n) is 4.55. The van der Waals surface area contributed by atoms with Gasteiger partial charge in [0.1, 0.15) is 11.5 Å². The molecule has 14 nitrogen and oxygen atoms in total. The molecule has 5 rings (SSSR count). The van der Waals surface area contributed by atoms with Crippen LogP contribution in [0, 0.1) is 0 Å². The second-order valence-electron chi connectivity index (χ2n) is 9.21. The summed E-state index contributed by atoms with van der Waals surface area (Å²) in [6.07, 6.45) is 6.92. The van der Waals surface area contributed by atoms with Gasteiger partial charge in [0.05, 0.1) is 5.56 Å². The molecular weight excluding hydrogens is 550 g/mol. The molecule has 0 aliphatic carbocycles. The van der Waals surface area contributed by atoms with Gasteiger partial charge in [0.2, 0.25) is 17.8 Å². The second-order valence-corrected chi connectivity index (χ2v) is 9.21. The number of hydrogen-bond donors (Lipinski definition) is 8. The van der Waals surface area contributed by atoms with E-state index in [4.69, 9.17) is 4.98 Å². The molecule has 1 aromatic heterocycles. The van der Waals surface area contributed by atoms with Crippen LogP contribution in [-0.2, 0) is 0 Å². The fourth-order valence-corrected chi connectivity index (χ4v) is 4.55. The number of anilines is 5. The lowest BCUT2D eigenvalue weighted by atomic mass is 10.1. The summed E-state index contributed by atoms with van der Waals surface area (Å²) in [6.45, 7) is 3.70. The first-order valence-electron chi connectivity index (χ1n) is 12.5. The Morgan fingerprint density at radius 1 is 0.707 bits per heavy atom. The van der Waals surface area contributed by atoms with Crippen LogP contribution < -0.4 is 45.0 Å². The Morgan fingerprint density at radius 2 is 1.20 bits per heavy atom. The molecule has 0 bridgehead atoms. The summed E-state index contributed by atoms with van der Waals surface area (Å²) < 4.78 is 0. The van der Waals surface area contributed by atoms with Crippen LogP contribution in [0.3, 0.4) is 0 Å². The lowest BCUT2D eigenvalue weighted by Gasteiger charge is -2.30. The van der Waals surface area contributed by atoms with Crippen molar-refractivity contribution in [3.63, 3.8) is 0 Å². The highest BCUT2D eigenvalue weighted by atomic mass is 35.5. The average molecular weight is 602 g/mol. The lowest BCUT2D eigenvalue weighted by molar-refractivity contribution is 0.102. The number of aromatic hydroxyl groups is 2. The number of nitrogens with one attached hydrogen (secondary N) is 2. The molecule has 236 valence electrons. The first-order chi connectivity index (χ1) is 17.5. The third kappa shape index (κ3) is 9.30. The molecule has 16 N–H and O–H groups in total. The van der Waals surface area contributed by atoms with Crippen LogP contribution in [0.5, 0.6) is 11.5 Å². The number of halogens is 1. The number of benzene rings is 2. The molecule has 0 unspecified atom stereocenters. The second kappa shape index (κ2) is 17.0. The zero-order chi connectivity index (χ0) is 24.9. The van der Waals surface area contributed by atoms with Crippen LogP contribution in [0.2, 0.25) is 0 Å². The molecule has 0 atom stereocenters. The third-order valence-electron chi connectivity index (χ3n) is 6.51. The fraction of sp³-hybridized carbons (Fsp3) is 0.385. The molecule has 0 saturated carbocycles. The summed E-state index contributed by atoms with van der Waals surface area (Å²) in [4.78, 5) is 31.2. The first-order valence-corrected chi connectivity index (χ1v) is 12.5. The van der Waals surface area contributed by atoms with Crippen LogP contribution in [0.25, 0.3) is 0 Å². The lowest BCUT2D eigenvalue weighted by Crippen LogP contribution is -2.34. The number of piperidine rings is 2. The van der Waals surface area contributed by atoms with Crippen LogP contribution in [0.4, 0.5) is 29.2 Å². The predicted molar refractivity (Wildman–Crippen MR) is 175 cm³/mol. The molecule has 2 aromatic carbocycles. The summed E-state index contributed by atoms with van der Waals surface area (Å²) in [5.41, 5.74) is 1.21. The number of aromatic nitrogens is 3. The summed E-state index contributed by atoms with van der Waals surface area (Å²) in [5, 5.41) is 25.9. The van der Waals surface area contributed by atoms with Crippen molar-refractivity contribution in [2.45, 2.75) is 38.5 Å². The van der Waals surface area contributed by atoms with E-state index in [-0.39, 0.29) is 59.8 Å². The van der Waals surface area contributed by atoms with Crippen molar-refractivity contribution in [3.05, 3.63) is 48.0 Å². The van der Waals surface area contributed by atoms with Gasteiger partial charge in [-0.05, 0) is 74.9 Å². The van der Waals surface area contributed by atoms with Crippen molar-refractivity contribution < 1.29 is 20.7 Å². The smallest absolute Gasteiger partial charge is 0.259 e. The van der Waals surface area contributed by atoms with E-state index in [0.29, 0.717) is 29.2 Å².